The first-order chi connectivity index (χ1) is 8.15. The van der Waals surface area contributed by atoms with Crippen molar-refractivity contribution in [1.29, 1.82) is 0 Å². The number of carbonyl (C=O) groups excluding carboxylic acids is 1. The molecule has 17 heavy (non-hydrogen) atoms. The molecular formula is C12H19N3O2. The minimum Gasteiger partial charge on any atom is -0.359 e. The molecular weight excluding hydrogens is 218 g/mol. The van der Waals surface area contributed by atoms with Gasteiger partial charge in [-0.3, -0.25) is 0 Å². The van der Waals surface area contributed by atoms with Gasteiger partial charge in [-0.25, -0.2) is 4.79 Å². The van der Waals surface area contributed by atoms with Gasteiger partial charge in [0.2, 0.25) is 0 Å². The Labute approximate surface area is 101 Å². The van der Waals surface area contributed by atoms with E-state index in [4.69, 9.17) is 4.52 Å². The van der Waals surface area contributed by atoms with Crippen LogP contribution in [0.3, 0.4) is 0 Å². The first-order valence-electron chi connectivity index (χ1n) is 6.10. The molecule has 2 heterocycles. The van der Waals surface area contributed by atoms with Gasteiger partial charge >= 0.3 is 6.03 Å². The highest BCUT2D eigenvalue weighted by molar-refractivity contribution is 5.74. The third kappa shape index (κ3) is 3.22. The molecule has 0 radical (unpaired) electrons. The van der Waals surface area contributed by atoms with Gasteiger partial charge < -0.3 is 14.7 Å². The van der Waals surface area contributed by atoms with Crippen molar-refractivity contribution in [3.05, 3.63) is 17.5 Å². The molecule has 5 nitrogen and oxygen atoms in total. The third-order valence-corrected chi connectivity index (χ3v) is 3.03. The number of carbonyl (C=O) groups is 1. The summed E-state index contributed by atoms with van der Waals surface area (Å²) in [6.45, 7) is 6.15. The summed E-state index contributed by atoms with van der Waals surface area (Å²) in [4.78, 5) is 13.7. The Balaban J connectivity index is 1.80. The van der Waals surface area contributed by atoms with Gasteiger partial charge in [-0.1, -0.05) is 12.1 Å². The normalized spacial score (nSPS) is 20.4. The van der Waals surface area contributed by atoms with Crippen LogP contribution >= 0.6 is 0 Å². The average Bonchev–Trinajstić information content (AvgIpc) is 2.72. The zero-order valence-electron chi connectivity index (χ0n) is 10.4. The van der Waals surface area contributed by atoms with Crippen LogP contribution < -0.4 is 5.32 Å². The van der Waals surface area contributed by atoms with Crippen LogP contribution in [0.4, 0.5) is 4.79 Å². The predicted molar refractivity (Wildman–Crippen MR) is 63.4 cm³/mol. The molecule has 0 aliphatic carbocycles. The average molecular weight is 237 g/mol. The van der Waals surface area contributed by atoms with Crippen LogP contribution in [0.15, 0.2) is 10.6 Å². The lowest BCUT2D eigenvalue weighted by atomic mass is 10.0. The standard InChI is InChI=1S/C12H19N3O2/c1-9-4-3-5-15(8-9)12(16)13-7-11-6-10(2)14-17-11/h6,9H,3-5,7-8H2,1-2H3,(H,13,16)/t9-/m1/s1. The van der Waals surface area contributed by atoms with Gasteiger partial charge in [-0.2, -0.15) is 0 Å². The Hall–Kier alpha value is -1.52. The predicted octanol–water partition coefficient (Wildman–Crippen LogP) is 1.92. The van der Waals surface area contributed by atoms with Crippen LogP contribution in [0.5, 0.6) is 0 Å². The van der Waals surface area contributed by atoms with Crippen molar-refractivity contribution in [2.75, 3.05) is 13.1 Å². The topological polar surface area (TPSA) is 58.4 Å². The van der Waals surface area contributed by atoms with Gasteiger partial charge in [-0.15, -0.1) is 0 Å². The fourth-order valence-electron chi connectivity index (χ4n) is 2.15. The molecule has 1 saturated heterocycles. The number of urea groups is 1. The fourth-order valence-corrected chi connectivity index (χ4v) is 2.15. The summed E-state index contributed by atoms with van der Waals surface area (Å²) in [6, 6.07) is 1.82. The molecule has 0 unspecified atom stereocenters. The van der Waals surface area contributed by atoms with Gasteiger partial charge in [0.1, 0.15) is 0 Å². The Morgan fingerprint density at radius 3 is 3.18 bits per heavy atom. The van der Waals surface area contributed by atoms with Crippen molar-refractivity contribution >= 4 is 6.03 Å². The molecule has 1 N–H and O–H groups in total. The van der Waals surface area contributed by atoms with Crippen molar-refractivity contribution in [2.24, 2.45) is 5.92 Å². The summed E-state index contributed by atoms with van der Waals surface area (Å²) in [5.74, 6) is 1.29. The van der Waals surface area contributed by atoms with Gasteiger partial charge in [0, 0.05) is 19.2 Å². The van der Waals surface area contributed by atoms with E-state index in [9.17, 15) is 4.79 Å². The molecule has 0 saturated carbocycles. The molecule has 1 atom stereocenters. The zero-order valence-corrected chi connectivity index (χ0v) is 10.4. The highest BCUT2D eigenvalue weighted by Crippen LogP contribution is 2.15. The first-order valence-corrected chi connectivity index (χ1v) is 6.10. The fraction of sp³-hybridized carbons (Fsp3) is 0.667. The van der Waals surface area contributed by atoms with E-state index in [0.717, 1.165) is 25.2 Å². The number of nitrogens with one attached hydrogen (secondary N) is 1. The number of hydrogen-bond donors (Lipinski definition) is 1. The molecule has 0 spiro atoms. The summed E-state index contributed by atoms with van der Waals surface area (Å²) in [6.07, 6.45) is 2.31. The molecule has 2 rings (SSSR count). The quantitative estimate of drug-likeness (QED) is 0.855. The van der Waals surface area contributed by atoms with Gasteiger partial charge in [0.15, 0.2) is 5.76 Å². The first kappa shape index (κ1) is 12.0. The largest absolute Gasteiger partial charge is 0.359 e. The smallest absolute Gasteiger partial charge is 0.317 e. The maximum atomic E-state index is 11.9. The van der Waals surface area contributed by atoms with Crippen molar-refractivity contribution in [3.63, 3.8) is 0 Å². The van der Waals surface area contributed by atoms with Crippen molar-refractivity contribution < 1.29 is 9.32 Å². The minimum atomic E-state index is -0.00870. The summed E-state index contributed by atoms with van der Waals surface area (Å²) in [5.41, 5.74) is 0.834. The van der Waals surface area contributed by atoms with Crippen molar-refractivity contribution in [1.82, 2.24) is 15.4 Å². The number of aromatic nitrogens is 1. The van der Waals surface area contributed by atoms with E-state index in [2.05, 4.69) is 17.4 Å². The number of nitrogens with zero attached hydrogens (tertiary/aromatic N) is 2. The maximum Gasteiger partial charge on any atom is 0.317 e. The molecule has 94 valence electrons. The molecule has 0 aromatic carbocycles. The van der Waals surface area contributed by atoms with Crippen molar-refractivity contribution in [3.8, 4) is 0 Å². The second-order valence-electron chi connectivity index (χ2n) is 4.79. The summed E-state index contributed by atoms with van der Waals surface area (Å²) in [7, 11) is 0. The number of aryl methyl sites for hydroxylation is 1. The van der Waals surface area contributed by atoms with E-state index in [1.807, 2.05) is 17.9 Å². The molecule has 1 aromatic rings. The molecule has 1 aliphatic rings. The minimum absolute atomic E-state index is 0.00870. The highest BCUT2D eigenvalue weighted by atomic mass is 16.5. The number of amides is 2. The van der Waals surface area contributed by atoms with E-state index in [-0.39, 0.29) is 6.03 Å². The summed E-state index contributed by atoms with van der Waals surface area (Å²) >= 11 is 0. The lowest BCUT2D eigenvalue weighted by Crippen LogP contribution is -2.44. The van der Waals surface area contributed by atoms with Crippen LogP contribution in [0.1, 0.15) is 31.2 Å². The Morgan fingerprint density at radius 2 is 2.53 bits per heavy atom. The Kier molecular flexibility index (Phi) is 3.66. The Bertz CT molecular complexity index is 389. The van der Waals surface area contributed by atoms with Gasteiger partial charge in [-0.05, 0) is 25.7 Å². The van der Waals surface area contributed by atoms with Crippen LogP contribution in [0, 0.1) is 12.8 Å². The van der Waals surface area contributed by atoms with Gasteiger partial charge in [0.25, 0.3) is 0 Å². The highest BCUT2D eigenvalue weighted by Gasteiger charge is 2.20. The summed E-state index contributed by atoms with van der Waals surface area (Å²) < 4.78 is 5.04. The molecule has 1 aliphatic heterocycles. The molecule has 5 heteroatoms. The maximum absolute atomic E-state index is 11.9. The van der Waals surface area contributed by atoms with E-state index in [1.54, 1.807) is 0 Å². The molecule has 0 bridgehead atoms. The van der Waals surface area contributed by atoms with Crippen LogP contribution in [0.2, 0.25) is 0 Å². The number of rotatable bonds is 2. The second kappa shape index (κ2) is 5.21. The van der Waals surface area contributed by atoms with Crippen LogP contribution in [0.25, 0.3) is 0 Å². The molecule has 1 fully saturated rings. The Morgan fingerprint density at radius 1 is 1.71 bits per heavy atom. The lowest BCUT2D eigenvalue weighted by molar-refractivity contribution is 0.168. The number of likely N-dealkylation sites (tertiary alicyclic amines) is 1. The van der Waals surface area contributed by atoms with Gasteiger partial charge in [0.05, 0.1) is 12.2 Å². The van der Waals surface area contributed by atoms with E-state index < -0.39 is 0 Å². The van der Waals surface area contributed by atoms with Crippen molar-refractivity contribution in [2.45, 2.75) is 33.2 Å². The molecule has 1 aromatic heterocycles. The zero-order chi connectivity index (χ0) is 12.3. The monoisotopic (exact) mass is 237 g/mol. The number of hydrogen-bond acceptors (Lipinski definition) is 3. The number of piperidine rings is 1. The van der Waals surface area contributed by atoms with Crippen LogP contribution in [-0.2, 0) is 6.54 Å². The van der Waals surface area contributed by atoms with Crippen LogP contribution in [-0.4, -0.2) is 29.2 Å². The van der Waals surface area contributed by atoms with E-state index in [1.165, 1.54) is 6.42 Å². The van der Waals surface area contributed by atoms with E-state index >= 15 is 0 Å². The van der Waals surface area contributed by atoms with E-state index in [0.29, 0.717) is 18.2 Å². The second-order valence-corrected chi connectivity index (χ2v) is 4.79. The lowest BCUT2D eigenvalue weighted by Gasteiger charge is -2.30. The third-order valence-electron chi connectivity index (χ3n) is 3.03. The molecule has 2 amide bonds. The SMILES string of the molecule is Cc1cc(CNC(=O)N2CCC[C@@H](C)C2)on1. The summed E-state index contributed by atoms with van der Waals surface area (Å²) in [5, 5.41) is 6.64.